The van der Waals surface area contributed by atoms with E-state index in [-0.39, 0.29) is 59.6 Å². The van der Waals surface area contributed by atoms with Crippen molar-refractivity contribution in [3.63, 3.8) is 0 Å². The SMILES string of the molecule is O=C(NS(=O)(=O)n1ccc(-c2ccc(C(=O)O)cc2)c1C(=O)OCc1ccccc1)OCc1ccccc1.[NaH]. The van der Waals surface area contributed by atoms with Crippen molar-refractivity contribution in [1.29, 1.82) is 0 Å². The summed E-state index contributed by atoms with van der Waals surface area (Å²) in [6.45, 7) is -0.296. The maximum absolute atomic E-state index is 13.2. The van der Waals surface area contributed by atoms with Gasteiger partial charge in [0.05, 0.1) is 5.56 Å². The Bertz CT molecular complexity index is 1550. The zero-order chi connectivity index (χ0) is 27.1. The van der Waals surface area contributed by atoms with Gasteiger partial charge in [0.25, 0.3) is 0 Å². The van der Waals surface area contributed by atoms with Crippen LogP contribution < -0.4 is 4.72 Å². The fourth-order valence-corrected chi connectivity index (χ4v) is 4.54. The van der Waals surface area contributed by atoms with E-state index in [4.69, 9.17) is 14.6 Å². The topological polar surface area (TPSA) is 141 Å². The number of rotatable bonds is 9. The molecule has 3 aromatic carbocycles. The molecule has 0 fully saturated rings. The van der Waals surface area contributed by atoms with Gasteiger partial charge in [-0.25, -0.2) is 23.1 Å². The number of hydrogen-bond donors (Lipinski definition) is 2. The van der Waals surface area contributed by atoms with Crippen LogP contribution in [-0.4, -0.2) is 65.1 Å². The summed E-state index contributed by atoms with van der Waals surface area (Å²) >= 11 is 0. The van der Waals surface area contributed by atoms with Gasteiger partial charge in [-0.15, -0.1) is 0 Å². The number of carbonyl (C=O) groups is 3. The van der Waals surface area contributed by atoms with E-state index in [0.29, 0.717) is 20.7 Å². The van der Waals surface area contributed by atoms with Gasteiger partial charge in [-0.1, -0.05) is 72.8 Å². The van der Waals surface area contributed by atoms with Gasteiger partial charge >= 0.3 is 57.8 Å². The minimum atomic E-state index is -4.63. The molecular formula is C27H23N2NaO8S. The summed E-state index contributed by atoms with van der Waals surface area (Å²) in [5, 5.41) is 9.17. The van der Waals surface area contributed by atoms with Crippen LogP contribution in [0.25, 0.3) is 11.1 Å². The molecule has 0 aliphatic rings. The van der Waals surface area contributed by atoms with Crippen molar-refractivity contribution in [2.45, 2.75) is 13.2 Å². The third-order valence-electron chi connectivity index (χ3n) is 5.39. The molecule has 0 saturated heterocycles. The molecule has 1 amide bonds. The van der Waals surface area contributed by atoms with Gasteiger partial charge in [-0.2, -0.15) is 8.42 Å². The average Bonchev–Trinajstić information content (AvgIpc) is 3.38. The Morgan fingerprint density at radius 1 is 0.769 bits per heavy atom. The molecule has 1 aromatic heterocycles. The van der Waals surface area contributed by atoms with Gasteiger partial charge in [0.15, 0.2) is 5.69 Å². The van der Waals surface area contributed by atoms with E-state index >= 15 is 0 Å². The van der Waals surface area contributed by atoms with Gasteiger partial charge in [-0.05, 0) is 34.9 Å². The summed E-state index contributed by atoms with van der Waals surface area (Å²) in [5.41, 5.74) is 1.48. The van der Waals surface area contributed by atoms with Crippen LogP contribution in [0.15, 0.2) is 97.2 Å². The van der Waals surface area contributed by atoms with E-state index < -0.39 is 28.2 Å². The van der Waals surface area contributed by atoms with Crippen LogP contribution in [0, 0.1) is 0 Å². The van der Waals surface area contributed by atoms with Crippen molar-refractivity contribution in [3.8, 4) is 11.1 Å². The summed E-state index contributed by atoms with van der Waals surface area (Å²) in [6, 6.07) is 24.3. The van der Waals surface area contributed by atoms with E-state index in [1.54, 1.807) is 65.4 Å². The Kier molecular flexibility index (Phi) is 10.1. The summed E-state index contributed by atoms with van der Waals surface area (Å²) in [7, 11) is -4.63. The number of carboxylic acid groups (broad SMARTS) is 1. The van der Waals surface area contributed by atoms with Gasteiger partial charge in [0.2, 0.25) is 0 Å². The second kappa shape index (κ2) is 13.3. The molecule has 0 radical (unpaired) electrons. The zero-order valence-corrected chi connectivity index (χ0v) is 20.6. The van der Waals surface area contributed by atoms with Crippen molar-refractivity contribution < 1.29 is 37.4 Å². The molecule has 0 aliphatic heterocycles. The molecular weight excluding hydrogens is 535 g/mol. The number of nitrogens with zero attached hydrogens (tertiary/aromatic N) is 1. The van der Waals surface area contributed by atoms with E-state index in [0.717, 1.165) is 6.20 Å². The standard InChI is InChI=1S/C27H22N2O8S.Na.H/c30-25(31)22-13-11-21(12-14-22)23-15-16-29(24(23)26(32)36-17-19-7-3-1-4-8-19)38(34,35)28-27(33)37-18-20-9-5-2-6-10-20;;/h1-16H,17-18H2,(H,28,33)(H,30,31);;. The summed E-state index contributed by atoms with van der Waals surface area (Å²) in [4.78, 5) is 36.7. The van der Waals surface area contributed by atoms with Crippen LogP contribution in [0.3, 0.4) is 0 Å². The van der Waals surface area contributed by atoms with Gasteiger partial charge < -0.3 is 14.6 Å². The first-order valence-corrected chi connectivity index (χ1v) is 12.7. The second-order valence-electron chi connectivity index (χ2n) is 7.99. The molecule has 4 aromatic rings. The monoisotopic (exact) mass is 558 g/mol. The van der Waals surface area contributed by atoms with Crippen LogP contribution in [0.5, 0.6) is 0 Å². The Balaban J connectivity index is 0.00000420. The molecule has 196 valence electrons. The van der Waals surface area contributed by atoms with Crippen LogP contribution in [0.1, 0.15) is 32.0 Å². The van der Waals surface area contributed by atoms with E-state index in [1.165, 1.54) is 30.3 Å². The molecule has 2 N–H and O–H groups in total. The fraction of sp³-hybridized carbons (Fsp3) is 0.0741. The Morgan fingerprint density at radius 3 is 1.85 bits per heavy atom. The molecule has 0 atom stereocenters. The number of amides is 1. The Hall–Kier alpha value is -3.90. The van der Waals surface area contributed by atoms with Crippen LogP contribution in [0.2, 0.25) is 0 Å². The normalized spacial score (nSPS) is 10.7. The number of ether oxygens (including phenoxy) is 2. The van der Waals surface area contributed by atoms with Gasteiger partial charge in [-0.3, -0.25) is 0 Å². The predicted molar refractivity (Wildman–Crippen MR) is 144 cm³/mol. The summed E-state index contributed by atoms with van der Waals surface area (Å²) in [5.74, 6) is -2.11. The molecule has 0 spiro atoms. The Morgan fingerprint density at radius 2 is 1.31 bits per heavy atom. The number of aromatic carboxylic acids is 1. The quantitative estimate of drug-likeness (QED) is 0.235. The number of benzene rings is 3. The molecule has 39 heavy (non-hydrogen) atoms. The molecule has 0 saturated carbocycles. The molecule has 1 heterocycles. The first kappa shape index (κ1) is 29.7. The molecule has 10 nitrogen and oxygen atoms in total. The molecule has 12 heteroatoms. The van der Waals surface area contributed by atoms with Gasteiger partial charge in [0, 0.05) is 11.8 Å². The number of nitrogens with one attached hydrogen (secondary N) is 1. The average molecular weight is 559 g/mol. The molecule has 0 aliphatic carbocycles. The van der Waals surface area contributed by atoms with Gasteiger partial charge in [0.1, 0.15) is 13.2 Å². The zero-order valence-electron chi connectivity index (χ0n) is 19.8. The van der Waals surface area contributed by atoms with E-state index in [9.17, 15) is 22.8 Å². The maximum atomic E-state index is 13.2. The van der Waals surface area contributed by atoms with Crippen molar-refractivity contribution in [2.75, 3.05) is 0 Å². The predicted octanol–water partition coefficient (Wildman–Crippen LogP) is 3.58. The molecule has 4 rings (SSSR count). The summed E-state index contributed by atoms with van der Waals surface area (Å²) in [6.07, 6.45) is -0.148. The number of carbonyl (C=O) groups excluding carboxylic acids is 2. The summed E-state index contributed by atoms with van der Waals surface area (Å²) < 4.78 is 39.0. The molecule has 0 unspecified atom stereocenters. The number of hydrogen-bond acceptors (Lipinski definition) is 7. The third kappa shape index (κ3) is 7.58. The van der Waals surface area contributed by atoms with Crippen LogP contribution in [-0.2, 0) is 32.9 Å². The Labute approximate surface area is 246 Å². The van der Waals surface area contributed by atoms with Crippen LogP contribution >= 0.6 is 0 Å². The van der Waals surface area contributed by atoms with Crippen molar-refractivity contribution >= 4 is 57.8 Å². The van der Waals surface area contributed by atoms with E-state index in [1.807, 2.05) is 0 Å². The first-order valence-electron chi connectivity index (χ1n) is 11.2. The van der Waals surface area contributed by atoms with Crippen LogP contribution in [0.4, 0.5) is 4.79 Å². The second-order valence-corrected chi connectivity index (χ2v) is 9.53. The first-order chi connectivity index (χ1) is 18.2. The van der Waals surface area contributed by atoms with Crippen molar-refractivity contribution in [1.82, 2.24) is 8.69 Å². The van der Waals surface area contributed by atoms with Crippen molar-refractivity contribution in [2.24, 2.45) is 0 Å². The fourth-order valence-electron chi connectivity index (χ4n) is 3.54. The number of carboxylic acids is 1. The number of esters is 1. The minimum absolute atomic E-state index is 0. The van der Waals surface area contributed by atoms with E-state index in [2.05, 4.69) is 0 Å². The van der Waals surface area contributed by atoms with Crippen molar-refractivity contribution in [3.05, 3.63) is 120 Å². The third-order valence-corrected chi connectivity index (χ3v) is 6.63. The number of aromatic nitrogens is 1. The molecule has 0 bridgehead atoms.